The molecule has 0 aliphatic heterocycles. The molecule has 0 rings (SSSR count). The highest BCUT2D eigenvalue weighted by molar-refractivity contribution is 7.87. The van der Waals surface area contributed by atoms with Gasteiger partial charge in [0, 0.05) is 22.0 Å². The Kier molecular flexibility index (Phi) is 3.69. The summed E-state index contributed by atoms with van der Waals surface area (Å²) in [7, 11) is -1.09. The molecule has 0 N–H and O–H groups in total. The van der Waals surface area contributed by atoms with E-state index >= 15 is 0 Å². The number of halogens is 1. The topological polar surface area (TPSA) is 17.1 Å². The van der Waals surface area contributed by atoms with Crippen molar-refractivity contribution in [2.45, 2.75) is 13.8 Å². The van der Waals surface area contributed by atoms with E-state index < -0.39 is 10.8 Å². The lowest BCUT2D eigenvalue weighted by atomic mass is 10.7. The summed E-state index contributed by atoms with van der Waals surface area (Å²) in [5, 5.41) is 1.11. The molecule has 0 spiro atoms. The SMILES string of the molecule is CCS(=O)C=C(C)F. The molecule has 8 heavy (non-hydrogen) atoms. The molecule has 1 unspecified atom stereocenters. The Morgan fingerprint density at radius 1 is 1.88 bits per heavy atom. The first-order valence-electron chi connectivity index (χ1n) is 2.38. The zero-order valence-corrected chi connectivity index (χ0v) is 5.80. The first kappa shape index (κ1) is 7.82. The van der Waals surface area contributed by atoms with Gasteiger partial charge in [0.05, 0.1) is 0 Å². The van der Waals surface area contributed by atoms with Gasteiger partial charge in [-0.05, 0) is 6.92 Å². The van der Waals surface area contributed by atoms with Crippen molar-refractivity contribution in [3.63, 3.8) is 0 Å². The molecule has 0 bridgehead atoms. The second-order valence-corrected chi connectivity index (χ2v) is 2.95. The minimum Gasteiger partial charge on any atom is -0.255 e. The van der Waals surface area contributed by atoms with Gasteiger partial charge in [-0.2, -0.15) is 0 Å². The summed E-state index contributed by atoms with van der Waals surface area (Å²) in [6.45, 7) is 3.03. The zero-order chi connectivity index (χ0) is 6.57. The van der Waals surface area contributed by atoms with Crippen molar-refractivity contribution in [3.8, 4) is 0 Å². The minimum absolute atomic E-state index is 0.370. The molecular weight excluding hydrogens is 127 g/mol. The van der Waals surface area contributed by atoms with E-state index in [1.54, 1.807) is 6.92 Å². The van der Waals surface area contributed by atoms with Crippen LogP contribution in [-0.4, -0.2) is 9.96 Å². The predicted molar refractivity (Wildman–Crippen MR) is 33.5 cm³/mol. The van der Waals surface area contributed by atoms with Crippen LogP contribution < -0.4 is 0 Å². The highest BCUT2D eigenvalue weighted by atomic mass is 32.2. The van der Waals surface area contributed by atoms with Gasteiger partial charge in [-0.3, -0.25) is 4.21 Å². The van der Waals surface area contributed by atoms with Crippen molar-refractivity contribution in [3.05, 3.63) is 11.2 Å². The third-order valence-corrected chi connectivity index (χ3v) is 1.74. The van der Waals surface area contributed by atoms with Gasteiger partial charge in [-0.25, -0.2) is 4.39 Å². The van der Waals surface area contributed by atoms with Crippen molar-refractivity contribution in [1.29, 1.82) is 0 Å². The maximum atomic E-state index is 11.8. The maximum absolute atomic E-state index is 11.8. The molecule has 0 saturated carbocycles. The molecule has 0 aromatic heterocycles. The summed E-state index contributed by atoms with van der Waals surface area (Å²) in [4.78, 5) is 0. The smallest absolute Gasteiger partial charge is 0.106 e. The molecule has 1 atom stereocenters. The minimum atomic E-state index is -1.09. The molecule has 0 aromatic rings. The summed E-state index contributed by atoms with van der Waals surface area (Å²) in [5.41, 5.74) is 0. The highest BCUT2D eigenvalue weighted by Crippen LogP contribution is 1.95. The Labute approximate surface area is 51.0 Å². The van der Waals surface area contributed by atoms with Crippen LogP contribution in [0.4, 0.5) is 4.39 Å². The zero-order valence-electron chi connectivity index (χ0n) is 4.98. The van der Waals surface area contributed by atoms with Crippen LogP contribution in [0.2, 0.25) is 0 Å². The second-order valence-electron chi connectivity index (χ2n) is 1.37. The van der Waals surface area contributed by atoms with Crippen LogP contribution >= 0.6 is 0 Å². The average Bonchev–Trinajstić information content (AvgIpc) is 1.65. The molecular formula is C5H9FOS. The van der Waals surface area contributed by atoms with Crippen LogP contribution in [0, 0.1) is 0 Å². The van der Waals surface area contributed by atoms with Gasteiger partial charge in [-0.15, -0.1) is 0 Å². The van der Waals surface area contributed by atoms with Crippen molar-refractivity contribution in [2.24, 2.45) is 0 Å². The molecule has 0 saturated heterocycles. The summed E-state index contributed by atoms with van der Waals surface area (Å²) >= 11 is 0. The van der Waals surface area contributed by atoms with Crippen LogP contribution in [0.15, 0.2) is 11.2 Å². The van der Waals surface area contributed by atoms with Crippen molar-refractivity contribution in [2.75, 3.05) is 5.75 Å². The Morgan fingerprint density at radius 2 is 2.38 bits per heavy atom. The fourth-order valence-corrected chi connectivity index (χ4v) is 0.793. The number of rotatable bonds is 2. The second kappa shape index (κ2) is 3.78. The van der Waals surface area contributed by atoms with E-state index in [-0.39, 0.29) is 5.83 Å². The van der Waals surface area contributed by atoms with Crippen molar-refractivity contribution < 1.29 is 8.60 Å². The fourth-order valence-electron chi connectivity index (χ4n) is 0.264. The Bertz CT molecular complexity index is 116. The summed E-state index contributed by atoms with van der Waals surface area (Å²) in [5.74, 6) is 0.117. The molecule has 1 nitrogen and oxygen atoms in total. The molecule has 0 aromatic carbocycles. The van der Waals surface area contributed by atoms with E-state index in [0.29, 0.717) is 5.75 Å². The van der Waals surface area contributed by atoms with Crippen LogP contribution in [0.25, 0.3) is 0 Å². The first-order chi connectivity index (χ1) is 3.66. The normalized spacial score (nSPS) is 16.1. The lowest BCUT2D eigenvalue weighted by molar-refractivity contribution is 0.640. The van der Waals surface area contributed by atoms with E-state index in [2.05, 4.69) is 0 Å². The monoisotopic (exact) mass is 136 g/mol. The summed E-state index contributed by atoms with van der Waals surface area (Å²) in [6, 6.07) is 0. The Morgan fingerprint density at radius 3 is 2.50 bits per heavy atom. The van der Waals surface area contributed by atoms with Gasteiger partial charge in [0.25, 0.3) is 0 Å². The third-order valence-electron chi connectivity index (χ3n) is 0.578. The molecule has 0 amide bonds. The molecule has 0 aliphatic carbocycles. The van der Waals surface area contributed by atoms with Crippen molar-refractivity contribution >= 4 is 10.8 Å². The van der Waals surface area contributed by atoms with Crippen molar-refractivity contribution in [1.82, 2.24) is 0 Å². The van der Waals surface area contributed by atoms with E-state index in [9.17, 15) is 8.60 Å². The Balaban J connectivity index is 3.70. The Hall–Kier alpha value is -0.180. The van der Waals surface area contributed by atoms with Gasteiger partial charge >= 0.3 is 0 Å². The van der Waals surface area contributed by atoms with Gasteiger partial charge in [-0.1, -0.05) is 6.92 Å². The predicted octanol–water partition coefficient (Wildman–Crippen LogP) is 1.59. The number of hydrogen-bond acceptors (Lipinski definition) is 1. The van der Waals surface area contributed by atoms with Crippen LogP contribution in [0.3, 0.4) is 0 Å². The maximum Gasteiger partial charge on any atom is 0.106 e. The van der Waals surface area contributed by atoms with Gasteiger partial charge in [0.15, 0.2) is 0 Å². The third kappa shape index (κ3) is 3.99. The largest absolute Gasteiger partial charge is 0.255 e. The average molecular weight is 136 g/mol. The van der Waals surface area contributed by atoms with Gasteiger partial charge in [0.2, 0.25) is 0 Å². The molecule has 3 heteroatoms. The van der Waals surface area contributed by atoms with E-state index in [4.69, 9.17) is 0 Å². The molecule has 0 fully saturated rings. The van der Waals surface area contributed by atoms with Crippen LogP contribution in [0.1, 0.15) is 13.8 Å². The fraction of sp³-hybridized carbons (Fsp3) is 0.600. The quantitative estimate of drug-likeness (QED) is 0.563. The lowest BCUT2D eigenvalue weighted by Gasteiger charge is -1.84. The summed E-state index contributed by atoms with van der Waals surface area (Å²) < 4.78 is 22.2. The molecule has 0 heterocycles. The lowest BCUT2D eigenvalue weighted by Crippen LogP contribution is -1.85. The first-order valence-corrected chi connectivity index (χ1v) is 3.76. The number of allylic oxidation sites excluding steroid dienone is 1. The molecule has 0 radical (unpaired) electrons. The number of hydrogen-bond donors (Lipinski definition) is 0. The van der Waals surface area contributed by atoms with E-state index in [0.717, 1.165) is 5.41 Å². The van der Waals surface area contributed by atoms with E-state index in [1.807, 2.05) is 0 Å². The highest BCUT2D eigenvalue weighted by Gasteiger charge is 1.88. The molecule has 48 valence electrons. The van der Waals surface area contributed by atoms with Crippen LogP contribution in [0.5, 0.6) is 0 Å². The summed E-state index contributed by atoms with van der Waals surface area (Å²) in [6.07, 6.45) is 0. The van der Waals surface area contributed by atoms with Gasteiger partial charge < -0.3 is 0 Å². The van der Waals surface area contributed by atoms with Crippen LogP contribution in [-0.2, 0) is 10.8 Å². The van der Waals surface area contributed by atoms with E-state index in [1.165, 1.54) is 6.92 Å². The molecule has 0 aliphatic rings. The van der Waals surface area contributed by atoms with Gasteiger partial charge in [0.1, 0.15) is 5.83 Å². The standard InChI is InChI=1S/C5H9FOS/c1-3-8(7)4-5(2)6/h4H,3H2,1-2H3.